The molecule has 0 amide bonds. The van der Waals surface area contributed by atoms with E-state index in [0.29, 0.717) is 0 Å². The Kier molecular flexibility index (Phi) is 1.90. The predicted octanol–water partition coefficient (Wildman–Crippen LogP) is 2.89. The van der Waals surface area contributed by atoms with E-state index >= 15 is 0 Å². The lowest BCUT2D eigenvalue weighted by molar-refractivity contribution is 0.0890. The van der Waals surface area contributed by atoms with Crippen molar-refractivity contribution in [2.45, 2.75) is 6.42 Å². The van der Waals surface area contributed by atoms with Gasteiger partial charge < -0.3 is 0 Å². The third-order valence-corrected chi connectivity index (χ3v) is 2.98. The number of rotatable bonds is 0. The van der Waals surface area contributed by atoms with Gasteiger partial charge in [-0.25, -0.2) is 8.78 Å². The summed E-state index contributed by atoms with van der Waals surface area (Å²) in [4.78, 5) is 23.3. The summed E-state index contributed by atoms with van der Waals surface area (Å²) in [5.74, 6) is -2.30. The van der Waals surface area contributed by atoms with E-state index in [-0.39, 0.29) is 28.3 Å². The number of hydrogen-bond acceptors (Lipinski definition) is 2. The minimum atomic E-state index is -0.759. The summed E-state index contributed by atoms with van der Waals surface area (Å²) in [5.41, 5.74) is 0.436. The molecule has 0 N–H and O–H groups in total. The molecule has 1 aliphatic carbocycles. The molecule has 0 atom stereocenters. The van der Waals surface area contributed by atoms with Crippen molar-refractivity contribution in [2.75, 3.05) is 0 Å². The van der Waals surface area contributed by atoms with Crippen LogP contribution in [0.3, 0.4) is 0 Å². The zero-order valence-electron chi connectivity index (χ0n) is 8.59. The number of Topliss-reactive ketones (excluding diaryl/α,β-unsaturated/α-hetero) is 2. The molecule has 3 rings (SSSR count). The molecule has 0 aromatic heterocycles. The molecule has 0 fully saturated rings. The predicted molar refractivity (Wildman–Crippen MR) is 57.1 cm³/mol. The molecule has 1 aliphatic rings. The lowest BCUT2D eigenvalue weighted by atomic mass is 9.86. The van der Waals surface area contributed by atoms with Crippen molar-refractivity contribution in [3.8, 4) is 0 Å². The number of halogens is 2. The fourth-order valence-electron chi connectivity index (χ4n) is 2.21. The molecular formula is C13H6F2O2. The van der Waals surface area contributed by atoms with Gasteiger partial charge in [-0.1, -0.05) is 0 Å². The molecule has 0 aliphatic heterocycles. The van der Waals surface area contributed by atoms with Crippen LogP contribution in [0.4, 0.5) is 8.78 Å². The van der Waals surface area contributed by atoms with Crippen molar-refractivity contribution in [1.82, 2.24) is 0 Å². The second-order valence-electron chi connectivity index (χ2n) is 3.96. The molecule has 0 saturated heterocycles. The van der Waals surface area contributed by atoms with Crippen LogP contribution in [0.25, 0.3) is 10.8 Å². The highest BCUT2D eigenvalue weighted by molar-refractivity contribution is 6.27. The van der Waals surface area contributed by atoms with Gasteiger partial charge in [0.1, 0.15) is 11.6 Å². The molecule has 4 heteroatoms. The average Bonchev–Trinajstić information content (AvgIpc) is 2.28. The third kappa shape index (κ3) is 1.24. The summed E-state index contributed by atoms with van der Waals surface area (Å²) in [5, 5.41) is -0.173. The molecule has 0 saturated carbocycles. The van der Waals surface area contributed by atoms with E-state index in [1.54, 1.807) is 0 Å². The van der Waals surface area contributed by atoms with Crippen LogP contribution in [0.5, 0.6) is 0 Å². The molecule has 0 spiro atoms. The van der Waals surface area contributed by atoms with Crippen LogP contribution >= 0.6 is 0 Å². The maximum absolute atomic E-state index is 13.6. The Morgan fingerprint density at radius 2 is 1.24 bits per heavy atom. The molecule has 17 heavy (non-hydrogen) atoms. The van der Waals surface area contributed by atoms with Crippen molar-refractivity contribution in [2.24, 2.45) is 0 Å². The standard InChI is InChI=1S/C13H6F2O2/c14-8-3-1-6-10(16)5-11(17)7-2-4-9(15)13(8)12(6)7/h1-4H,5H2. The molecule has 0 heterocycles. The first-order valence-corrected chi connectivity index (χ1v) is 5.06. The van der Waals surface area contributed by atoms with Crippen LogP contribution in [0.1, 0.15) is 27.1 Å². The maximum Gasteiger partial charge on any atom is 0.171 e. The van der Waals surface area contributed by atoms with Crippen LogP contribution in [-0.4, -0.2) is 11.6 Å². The van der Waals surface area contributed by atoms with Crippen molar-refractivity contribution in [1.29, 1.82) is 0 Å². The van der Waals surface area contributed by atoms with E-state index < -0.39 is 23.2 Å². The van der Waals surface area contributed by atoms with Gasteiger partial charge in [0.05, 0.1) is 11.8 Å². The molecule has 0 unspecified atom stereocenters. The minimum Gasteiger partial charge on any atom is -0.294 e. The van der Waals surface area contributed by atoms with Gasteiger partial charge in [0, 0.05) is 16.5 Å². The summed E-state index contributed by atoms with van der Waals surface area (Å²) in [6.45, 7) is 0. The monoisotopic (exact) mass is 232 g/mol. The topological polar surface area (TPSA) is 34.1 Å². The highest BCUT2D eigenvalue weighted by Crippen LogP contribution is 2.32. The van der Waals surface area contributed by atoms with E-state index in [9.17, 15) is 18.4 Å². The van der Waals surface area contributed by atoms with Gasteiger partial charge in [-0.2, -0.15) is 0 Å². The van der Waals surface area contributed by atoms with E-state index in [4.69, 9.17) is 0 Å². The SMILES string of the molecule is O=C1CC(=O)c2ccc(F)c3c(F)ccc1c23. The fraction of sp³-hybridized carbons (Fsp3) is 0.0769. The fourth-order valence-corrected chi connectivity index (χ4v) is 2.21. The van der Waals surface area contributed by atoms with Gasteiger partial charge >= 0.3 is 0 Å². The van der Waals surface area contributed by atoms with Gasteiger partial charge in [-0.15, -0.1) is 0 Å². The summed E-state index contributed by atoms with van der Waals surface area (Å²) in [6, 6.07) is 4.71. The summed E-state index contributed by atoms with van der Waals surface area (Å²) < 4.78 is 27.1. The lowest BCUT2D eigenvalue weighted by Crippen LogP contribution is -2.16. The zero-order chi connectivity index (χ0) is 12.2. The van der Waals surface area contributed by atoms with Gasteiger partial charge in [0.2, 0.25) is 0 Å². The van der Waals surface area contributed by atoms with E-state index in [1.807, 2.05) is 0 Å². The Bertz CT molecular complexity index is 635. The molecular weight excluding hydrogens is 226 g/mol. The van der Waals surface area contributed by atoms with Crippen LogP contribution in [0.2, 0.25) is 0 Å². The van der Waals surface area contributed by atoms with Crippen LogP contribution in [-0.2, 0) is 0 Å². The van der Waals surface area contributed by atoms with E-state index in [0.717, 1.165) is 12.1 Å². The number of hydrogen-bond donors (Lipinski definition) is 0. The van der Waals surface area contributed by atoms with Gasteiger partial charge in [-0.3, -0.25) is 9.59 Å². The lowest BCUT2D eigenvalue weighted by Gasteiger charge is -2.15. The van der Waals surface area contributed by atoms with E-state index in [2.05, 4.69) is 0 Å². The first-order chi connectivity index (χ1) is 8.09. The Balaban J connectivity index is 2.61. The first-order valence-electron chi connectivity index (χ1n) is 5.06. The molecule has 0 radical (unpaired) electrons. The Labute approximate surface area is 94.9 Å². The average molecular weight is 232 g/mol. The van der Waals surface area contributed by atoms with Crippen LogP contribution in [0, 0.1) is 11.6 Å². The van der Waals surface area contributed by atoms with Gasteiger partial charge in [0.25, 0.3) is 0 Å². The second kappa shape index (κ2) is 3.20. The van der Waals surface area contributed by atoms with Gasteiger partial charge in [-0.05, 0) is 24.3 Å². The smallest absolute Gasteiger partial charge is 0.171 e. The molecule has 2 aromatic rings. The number of carbonyl (C=O) groups excluding carboxylic acids is 2. The second-order valence-corrected chi connectivity index (χ2v) is 3.96. The third-order valence-electron chi connectivity index (χ3n) is 2.98. The van der Waals surface area contributed by atoms with Crippen molar-refractivity contribution >= 4 is 22.3 Å². The number of ketones is 2. The minimum absolute atomic E-state index is 0.103. The summed E-state index contributed by atoms with van der Waals surface area (Å²) in [6.07, 6.45) is -0.237. The number of benzene rings is 2. The van der Waals surface area contributed by atoms with Crippen molar-refractivity contribution < 1.29 is 18.4 Å². The Hall–Kier alpha value is -2.10. The van der Waals surface area contributed by atoms with E-state index in [1.165, 1.54) is 12.1 Å². The highest BCUT2D eigenvalue weighted by atomic mass is 19.1. The van der Waals surface area contributed by atoms with Crippen LogP contribution < -0.4 is 0 Å². The molecule has 0 bridgehead atoms. The normalized spacial score (nSPS) is 14.5. The largest absolute Gasteiger partial charge is 0.294 e. The Morgan fingerprint density at radius 3 is 1.71 bits per heavy atom. The molecule has 2 nitrogen and oxygen atoms in total. The summed E-state index contributed by atoms with van der Waals surface area (Å²) in [7, 11) is 0. The van der Waals surface area contributed by atoms with Crippen molar-refractivity contribution in [3.63, 3.8) is 0 Å². The Morgan fingerprint density at radius 1 is 0.765 bits per heavy atom. The maximum atomic E-state index is 13.6. The zero-order valence-corrected chi connectivity index (χ0v) is 8.59. The quantitative estimate of drug-likeness (QED) is 0.654. The highest BCUT2D eigenvalue weighted by Gasteiger charge is 2.27. The summed E-state index contributed by atoms with van der Waals surface area (Å²) >= 11 is 0. The van der Waals surface area contributed by atoms with Gasteiger partial charge in [0.15, 0.2) is 11.6 Å². The van der Waals surface area contributed by atoms with Crippen LogP contribution in [0.15, 0.2) is 24.3 Å². The first kappa shape index (κ1) is 10.1. The molecule has 84 valence electrons. The molecule has 2 aromatic carbocycles. The van der Waals surface area contributed by atoms with Crippen molar-refractivity contribution in [3.05, 3.63) is 47.0 Å². The number of carbonyl (C=O) groups is 2.